The van der Waals surface area contributed by atoms with Crippen molar-refractivity contribution in [3.63, 3.8) is 0 Å². The highest BCUT2D eigenvalue weighted by atomic mass is 35.5. The third-order valence-corrected chi connectivity index (χ3v) is 6.70. The minimum atomic E-state index is -0.0125. The van der Waals surface area contributed by atoms with Crippen LogP contribution in [0.2, 0.25) is 10.0 Å². The van der Waals surface area contributed by atoms with Crippen molar-refractivity contribution in [2.45, 2.75) is 0 Å². The molecule has 0 unspecified atom stereocenters. The number of aliphatic hydroxyl groups excluding tert-OH is 1. The van der Waals surface area contributed by atoms with E-state index in [2.05, 4.69) is 14.7 Å². The summed E-state index contributed by atoms with van der Waals surface area (Å²) >= 11 is 14.5. The summed E-state index contributed by atoms with van der Waals surface area (Å²) in [6.07, 6.45) is 1.66. The van der Waals surface area contributed by atoms with Crippen LogP contribution in [-0.4, -0.2) is 42.1 Å². The van der Waals surface area contributed by atoms with Crippen LogP contribution in [0.4, 0.5) is 11.5 Å². The fraction of sp³-hybridized carbons (Fsp3) is 0.167. The van der Waals surface area contributed by atoms with Crippen LogP contribution in [0.1, 0.15) is 5.56 Å². The summed E-state index contributed by atoms with van der Waals surface area (Å²) in [7, 11) is 0. The second kappa shape index (κ2) is 9.57. The molecule has 1 aliphatic heterocycles. The summed E-state index contributed by atoms with van der Waals surface area (Å²) in [5.41, 5.74) is 3.31. The Balaban J connectivity index is 1.48. The number of aromatic nitrogens is 1. The van der Waals surface area contributed by atoms with Crippen molar-refractivity contribution in [3.05, 3.63) is 64.1 Å². The van der Waals surface area contributed by atoms with Crippen LogP contribution in [0.3, 0.4) is 0 Å². The first-order valence-corrected chi connectivity index (χ1v) is 11.8. The molecule has 1 aromatic heterocycles. The Bertz CT molecular complexity index is 1360. The topological polar surface area (TPSA) is 76.0 Å². The van der Waals surface area contributed by atoms with Crippen molar-refractivity contribution in [2.75, 3.05) is 31.7 Å². The number of rotatable bonds is 6. The maximum absolute atomic E-state index is 8.96. The molecule has 1 aliphatic rings. The van der Waals surface area contributed by atoms with Gasteiger partial charge in [-0.2, -0.15) is 4.37 Å². The van der Waals surface area contributed by atoms with Gasteiger partial charge >= 0.3 is 0 Å². The molecule has 0 radical (unpaired) electrons. The number of fused-ring (bicyclic) bond motifs is 2. The lowest BCUT2D eigenvalue weighted by atomic mass is 10.0. The zero-order valence-corrected chi connectivity index (χ0v) is 19.7. The largest absolute Gasteiger partial charge is 0.486 e. The van der Waals surface area contributed by atoms with Crippen molar-refractivity contribution >= 4 is 62.5 Å². The highest BCUT2D eigenvalue weighted by Gasteiger charge is 2.16. The van der Waals surface area contributed by atoms with Gasteiger partial charge in [0.1, 0.15) is 13.2 Å². The fourth-order valence-corrected chi connectivity index (χ4v) is 4.89. The maximum Gasteiger partial charge on any atom is 0.161 e. The lowest BCUT2D eigenvalue weighted by Crippen LogP contribution is -2.15. The first kappa shape index (κ1) is 22.0. The van der Waals surface area contributed by atoms with Gasteiger partial charge in [0, 0.05) is 22.7 Å². The van der Waals surface area contributed by atoms with Crippen molar-refractivity contribution < 1.29 is 14.6 Å². The summed E-state index contributed by atoms with van der Waals surface area (Å²) < 4.78 is 16.8. The molecule has 0 fully saturated rings. The van der Waals surface area contributed by atoms with Crippen LogP contribution in [0.25, 0.3) is 21.2 Å². The molecule has 9 heteroatoms. The molecule has 0 saturated carbocycles. The first-order valence-electron chi connectivity index (χ1n) is 10.3. The molecule has 168 valence electrons. The molecule has 33 heavy (non-hydrogen) atoms. The molecule has 0 aliphatic carbocycles. The van der Waals surface area contributed by atoms with E-state index < -0.39 is 0 Å². The van der Waals surface area contributed by atoms with Gasteiger partial charge in [0.2, 0.25) is 0 Å². The second-order valence-corrected chi connectivity index (χ2v) is 8.90. The van der Waals surface area contributed by atoms with Gasteiger partial charge in [-0.3, -0.25) is 4.99 Å². The van der Waals surface area contributed by atoms with E-state index in [0.29, 0.717) is 41.4 Å². The van der Waals surface area contributed by atoms with E-state index in [0.717, 1.165) is 38.2 Å². The normalized spacial score (nSPS) is 13.1. The van der Waals surface area contributed by atoms with E-state index in [1.165, 1.54) is 11.5 Å². The zero-order valence-electron chi connectivity index (χ0n) is 17.3. The molecule has 3 aromatic carbocycles. The molecule has 2 N–H and O–H groups in total. The third kappa shape index (κ3) is 4.50. The van der Waals surface area contributed by atoms with Crippen LogP contribution in [0, 0.1) is 0 Å². The zero-order chi connectivity index (χ0) is 22.8. The summed E-state index contributed by atoms with van der Waals surface area (Å²) in [6.45, 7) is 1.39. The Labute approximate surface area is 204 Å². The van der Waals surface area contributed by atoms with Gasteiger partial charge in [-0.1, -0.05) is 41.4 Å². The Morgan fingerprint density at radius 3 is 2.79 bits per heavy atom. The Morgan fingerprint density at radius 2 is 1.94 bits per heavy atom. The molecule has 5 rings (SSSR count). The summed E-state index contributed by atoms with van der Waals surface area (Å²) in [4.78, 5) is 4.18. The standard InChI is InChI=1S/C24H19Cl2N3O3S/c25-18-12-22-17(10-15(18)13-27-6-7-30)24(29-33-22)28-19-3-1-2-16(23(19)26)14-4-5-20-21(11-14)32-9-8-31-20/h1-5,10-13,30H,6-9H2,(H,28,29). The van der Waals surface area contributed by atoms with Gasteiger partial charge < -0.3 is 19.9 Å². The molecule has 0 atom stereocenters. The number of ether oxygens (including phenoxy) is 2. The summed E-state index contributed by atoms with van der Waals surface area (Å²) in [5, 5.41) is 14.4. The van der Waals surface area contributed by atoms with Gasteiger partial charge in [-0.15, -0.1) is 0 Å². The van der Waals surface area contributed by atoms with Crippen molar-refractivity contribution in [1.82, 2.24) is 4.37 Å². The molecule has 0 amide bonds. The van der Waals surface area contributed by atoms with Crippen LogP contribution in [0.15, 0.2) is 53.5 Å². The molecular formula is C24H19Cl2N3O3S. The molecule has 0 spiro atoms. The minimum absolute atomic E-state index is 0.0125. The quantitative estimate of drug-likeness (QED) is 0.309. The predicted molar refractivity (Wildman–Crippen MR) is 135 cm³/mol. The van der Waals surface area contributed by atoms with Crippen LogP contribution in [0.5, 0.6) is 11.5 Å². The Morgan fingerprint density at radius 1 is 1.09 bits per heavy atom. The van der Waals surface area contributed by atoms with E-state index in [-0.39, 0.29) is 6.61 Å². The maximum atomic E-state index is 8.96. The summed E-state index contributed by atoms with van der Waals surface area (Å²) in [6, 6.07) is 15.4. The highest BCUT2D eigenvalue weighted by Crippen LogP contribution is 2.41. The van der Waals surface area contributed by atoms with Crippen LogP contribution < -0.4 is 14.8 Å². The fourth-order valence-electron chi connectivity index (χ4n) is 3.58. The molecule has 2 heterocycles. The number of halogens is 2. The van der Waals surface area contributed by atoms with Gasteiger partial charge in [0.05, 0.1) is 33.6 Å². The predicted octanol–water partition coefficient (Wildman–Crippen LogP) is 6.20. The lowest BCUT2D eigenvalue weighted by Gasteiger charge is -2.19. The van der Waals surface area contributed by atoms with E-state index in [9.17, 15) is 0 Å². The van der Waals surface area contributed by atoms with Crippen LogP contribution >= 0.6 is 34.7 Å². The number of anilines is 2. The number of nitrogens with zero attached hydrogens (tertiary/aromatic N) is 2. The monoisotopic (exact) mass is 499 g/mol. The van der Waals surface area contributed by atoms with Crippen molar-refractivity contribution in [1.29, 1.82) is 0 Å². The SMILES string of the molecule is OCCN=Cc1cc2c(Nc3cccc(-c4ccc5c(c4)OCCO5)c3Cl)nsc2cc1Cl. The van der Waals surface area contributed by atoms with E-state index in [1.807, 2.05) is 48.5 Å². The lowest BCUT2D eigenvalue weighted by molar-refractivity contribution is 0.171. The highest BCUT2D eigenvalue weighted by molar-refractivity contribution is 7.13. The average molecular weight is 500 g/mol. The van der Waals surface area contributed by atoms with Gasteiger partial charge in [-0.25, -0.2) is 0 Å². The smallest absolute Gasteiger partial charge is 0.161 e. The van der Waals surface area contributed by atoms with Crippen LogP contribution in [-0.2, 0) is 0 Å². The number of nitrogens with one attached hydrogen (secondary N) is 1. The van der Waals surface area contributed by atoms with Crippen molar-refractivity contribution in [3.8, 4) is 22.6 Å². The van der Waals surface area contributed by atoms with E-state index in [1.54, 1.807) is 6.21 Å². The number of aliphatic imine (C=N–C) groups is 1. The third-order valence-electron chi connectivity index (χ3n) is 5.15. The van der Waals surface area contributed by atoms with Gasteiger partial charge in [0.15, 0.2) is 17.3 Å². The van der Waals surface area contributed by atoms with E-state index >= 15 is 0 Å². The Kier molecular flexibility index (Phi) is 6.37. The Hall–Kier alpha value is -2.84. The number of hydrogen-bond donors (Lipinski definition) is 2. The molecule has 6 nitrogen and oxygen atoms in total. The first-order chi connectivity index (χ1) is 16.1. The summed E-state index contributed by atoms with van der Waals surface area (Å²) in [5.74, 6) is 2.14. The molecule has 0 bridgehead atoms. The van der Waals surface area contributed by atoms with Crippen molar-refractivity contribution in [2.24, 2.45) is 4.99 Å². The molecule has 0 saturated heterocycles. The second-order valence-electron chi connectivity index (χ2n) is 7.31. The average Bonchev–Trinajstić information content (AvgIpc) is 3.21. The number of aliphatic hydroxyl groups is 1. The van der Waals surface area contributed by atoms with Gasteiger partial charge in [-0.05, 0) is 47.4 Å². The number of benzene rings is 3. The van der Waals surface area contributed by atoms with E-state index in [4.69, 9.17) is 37.8 Å². The number of hydrogen-bond acceptors (Lipinski definition) is 7. The van der Waals surface area contributed by atoms with Gasteiger partial charge in [0.25, 0.3) is 0 Å². The molecule has 4 aromatic rings. The minimum Gasteiger partial charge on any atom is -0.486 e. The molecular weight excluding hydrogens is 481 g/mol.